The zero-order chi connectivity index (χ0) is 19.9. The average molecular weight is 375 g/mol. The van der Waals surface area contributed by atoms with Crippen LogP contribution in [0.3, 0.4) is 0 Å². The molecule has 0 spiro atoms. The minimum absolute atomic E-state index is 0.0523. The molecule has 1 aromatic heterocycles. The lowest BCUT2D eigenvalue weighted by atomic mass is 10.0. The minimum Gasteiger partial charge on any atom is -0.456 e. The molecule has 0 aliphatic heterocycles. The summed E-state index contributed by atoms with van der Waals surface area (Å²) in [6.45, 7) is 4.22. The molecule has 0 fully saturated rings. The van der Waals surface area contributed by atoms with Gasteiger partial charge in [-0.05, 0) is 35.6 Å². The number of nitrogens with zero attached hydrogens (tertiary/aromatic N) is 3. The number of ether oxygens (including phenoxy) is 1. The summed E-state index contributed by atoms with van der Waals surface area (Å²) in [5, 5.41) is 12.7. The van der Waals surface area contributed by atoms with Gasteiger partial charge in [-0.1, -0.05) is 55.4 Å². The topological polar surface area (TPSA) is 89.0 Å². The Morgan fingerprint density at radius 2 is 1.86 bits per heavy atom. The van der Waals surface area contributed by atoms with Crippen molar-refractivity contribution in [2.45, 2.75) is 39.2 Å². The fourth-order valence-corrected chi connectivity index (χ4v) is 2.65. The minimum atomic E-state index is -0.342. The summed E-state index contributed by atoms with van der Waals surface area (Å²) < 4.78 is 10.4. The highest BCUT2D eigenvalue weighted by molar-refractivity contribution is 5.69. The summed E-state index contributed by atoms with van der Waals surface area (Å²) in [4.78, 5) is 16.2. The van der Waals surface area contributed by atoms with Gasteiger partial charge in [-0.25, -0.2) is 0 Å². The van der Waals surface area contributed by atoms with Gasteiger partial charge in [-0.2, -0.15) is 10.2 Å². The second-order valence-electron chi connectivity index (χ2n) is 6.76. The van der Waals surface area contributed by atoms with Crippen molar-refractivity contribution >= 4 is 5.97 Å². The van der Waals surface area contributed by atoms with Crippen LogP contribution in [0.2, 0.25) is 0 Å². The molecular weight excluding hydrogens is 354 g/mol. The number of benzene rings is 2. The van der Waals surface area contributed by atoms with Gasteiger partial charge in [0.2, 0.25) is 5.82 Å². The Kier molecular flexibility index (Phi) is 6.18. The maximum Gasteiger partial charge on any atom is 0.306 e. The lowest BCUT2D eigenvalue weighted by molar-refractivity contribution is -0.145. The van der Waals surface area contributed by atoms with Gasteiger partial charge >= 0.3 is 5.97 Å². The summed E-state index contributed by atoms with van der Waals surface area (Å²) in [6.07, 6.45) is 0.783. The first-order valence-corrected chi connectivity index (χ1v) is 9.12. The van der Waals surface area contributed by atoms with E-state index in [9.17, 15) is 4.79 Å². The van der Waals surface area contributed by atoms with Crippen molar-refractivity contribution in [1.82, 2.24) is 10.1 Å². The average Bonchev–Trinajstić information content (AvgIpc) is 3.20. The Labute approximate surface area is 163 Å². The molecule has 1 heterocycles. The number of aromatic nitrogens is 2. The molecule has 2 aromatic carbocycles. The molecule has 0 saturated carbocycles. The summed E-state index contributed by atoms with van der Waals surface area (Å²) in [5.74, 6) is 0.845. The fourth-order valence-electron chi connectivity index (χ4n) is 2.65. The molecule has 0 saturated heterocycles. The van der Waals surface area contributed by atoms with E-state index in [4.69, 9.17) is 14.5 Å². The second-order valence-corrected chi connectivity index (χ2v) is 6.76. The van der Waals surface area contributed by atoms with Gasteiger partial charge in [0.05, 0.1) is 11.6 Å². The van der Waals surface area contributed by atoms with Gasteiger partial charge in [0.15, 0.2) is 6.61 Å². The predicted octanol–water partition coefficient (Wildman–Crippen LogP) is 4.41. The maximum absolute atomic E-state index is 11.9. The normalized spacial score (nSPS) is 10.6. The van der Waals surface area contributed by atoms with Gasteiger partial charge < -0.3 is 9.26 Å². The number of esters is 1. The highest BCUT2D eigenvalue weighted by Gasteiger charge is 2.12. The van der Waals surface area contributed by atoms with Crippen LogP contribution in [-0.2, 0) is 22.6 Å². The second kappa shape index (κ2) is 8.96. The molecule has 0 radical (unpaired) electrons. The SMILES string of the molecule is CC(C)c1ccc(-c2noc(COC(=O)CCc3ccc(C#N)cc3)n2)cc1. The Bertz CT molecular complexity index is 968. The van der Waals surface area contributed by atoms with Crippen molar-refractivity contribution in [3.8, 4) is 17.5 Å². The van der Waals surface area contributed by atoms with Crippen LogP contribution < -0.4 is 0 Å². The van der Waals surface area contributed by atoms with E-state index in [1.807, 2.05) is 36.4 Å². The van der Waals surface area contributed by atoms with Gasteiger partial charge in [0, 0.05) is 12.0 Å². The van der Waals surface area contributed by atoms with E-state index in [0.717, 1.165) is 11.1 Å². The highest BCUT2D eigenvalue weighted by atomic mass is 16.6. The van der Waals surface area contributed by atoms with Crippen LogP contribution in [-0.4, -0.2) is 16.1 Å². The van der Waals surface area contributed by atoms with E-state index in [1.165, 1.54) is 5.56 Å². The molecule has 3 aromatic rings. The molecule has 3 rings (SSSR count). The third-order valence-corrected chi connectivity index (χ3v) is 4.36. The number of hydrogen-bond donors (Lipinski definition) is 0. The van der Waals surface area contributed by atoms with Crippen LogP contribution in [0.25, 0.3) is 11.4 Å². The molecule has 0 aliphatic rings. The predicted molar refractivity (Wildman–Crippen MR) is 103 cm³/mol. The Morgan fingerprint density at radius 1 is 1.14 bits per heavy atom. The standard InChI is InChI=1S/C22H21N3O3/c1-15(2)18-8-10-19(11-9-18)22-24-20(28-25-22)14-27-21(26)12-7-16-3-5-17(13-23)6-4-16/h3-6,8-11,15H,7,12,14H2,1-2H3. The first-order chi connectivity index (χ1) is 13.5. The third-order valence-electron chi connectivity index (χ3n) is 4.36. The first kappa shape index (κ1) is 19.3. The molecule has 6 nitrogen and oxygen atoms in total. The van der Waals surface area contributed by atoms with Crippen molar-refractivity contribution < 1.29 is 14.1 Å². The lowest BCUT2D eigenvalue weighted by Crippen LogP contribution is -2.06. The van der Waals surface area contributed by atoms with Crippen LogP contribution >= 0.6 is 0 Å². The summed E-state index contributed by atoms with van der Waals surface area (Å²) >= 11 is 0. The number of nitriles is 1. The Hall–Kier alpha value is -3.46. The monoisotopic (exact) mass is 375 g/mol. The summed E-state index contributed by atoms with van der Waals surface area (Å²) in [5.41, 5.74) is 3.66. The lowest BCUT2D eigenvalue weighted by Gasteiger charge is -2.04. The molecular formula is C22H21N3O3. The van der Waals surface area contributed by atoms with E-state index < -0.39 is 0 Å². The molecule has 6 heteroatoms. The van der Waals surface area contributed by atoms with E-state index in [2.05, 4.69) is 30.1 Å². The van der Waals surface area contributed by atoms with Gasteiger partial charge in [0.1, 0.15) is 0 Å². The van der Waals surface area contributed by atoms with E-state index in [-0.39, 0.29) is 24.9 Å². The largest absolute Gasteiger partial charge is 0.456 e. The van der Waals surface area contributed by atoms with Gasteiger partial charge in [-0.15, -0.1) is 0 Å². The van der Waals surface area contributed by atoms with Crippen molar-refractivity contribution in [3.05, 3.63) is 71.1 Å². The van der Waals surface area contributed by atoms with E-state index in [0.29, 0.717) is 23.7 Å². The van der Waals surface area contributed by atoms with E-state index in [1.54, 1.807) is 12.1 Å². The number of rotatable bonds is 7. The zero-order valence-electron chi connectivity index (χ0n) is 15.9. The van der Waals surface area contributed by atoms with E-state index >= 15 is 0 Å². The fraction of sp³-hybridized carbons (Fsp3) is 0.273. The van der Waals surface area contributed by atoms with Crippen LogP contribution in [0.4, 0.5) is 0 Å². The van der Waals surface area contributed by atoms with Gasteiger partial charge in [0.25, 0.3) is 5.89 Å². The third kappa shape index (κ3) is 5.04. The highest BCUT2D eigenvalue weighted by Crippen LogP contribution is 2.20. The van der Waals surface area contributed by atoms with Crippen molar-refractivity contribution in [1.29, 1.82) is 5.26 Å². The number of hydrogen-bond acceptors (Lipinski definition) is 6. The molecule has 0 aliphatic carbocycles. The molecule has 0 N–H and O–H groups in total. The van der Waals surface area contributed by atoms with Crippen LogP contribution in [0, 0.1) is 11.3 Å². The number of aryl methyl sites for hydroxylation is 1. The summed E-state index contributed by atoms with van der Waals surface area (Å²) in [6, 6.07) is 17.2. The Balaban J connectivity index is 1.49. The number of carbonyl (C=O) groups is 1. The van der Waals surface area contributed by atoms with Crippen molar-refractivity contribution in [2.24, 2.45) is 0 Å². The molecule has 0 bridgehead atoms. The van der Waals surface area contributed by atoms with Crippen LogP contribution in [0.1, 0.15) is 48.8 Å². The number of carbonyl (C=O) groups excluding carboxylic acids is 1. The maximum atomic E-state index is 11.9. The van der Waals surface area contributed by atoms with Crippen LogP contribution in [0.5, 0.6) is 0 Å². The zero-order valence-corrected chi connectivity index (χ0v) is 15.9. The molecule has 28 heavy (non-hydrogen) atoms. The smallest absolute Gasteiger partial charge is 0.306 e. The quantitative estimate of drug-likeness (QED) is 0.568. The van der Waals surface area contributed by atoms with Crippen LogP contribution in [0.15, 0.2) is 53.1 Å². The first-order valence-electron chi connectivity index (χ1n) is 9.12. The molecule has 0 amide bonds. The Morgan fingerprint density at radius 3 is 2.50 bits per heavy atom. The molecule has 0 unspecified atom stereocenters. The van der Waals surface area contributed by atoms with Crippen molar-refractivity contribution in [3.63, 3.8) is 0 Å². The summed E-state index contributed by atoms with van der Waals surface area (Å²) in [7, 11) is 0. The van der Waals surface area contributed by atoms with Gasteiger partial charge in [-0.3, -0.25) is 4.79 Å². The van der Waals surface area contributed by atoms with Crippen molar-refractivity contribution in [2.75, 3.05) is 0 Å². The molecule has 0 atom stereocenters. The molecule has 142 valence electrons.